The Morgan fingerprint density at radius 1 is 0.931 bits per heavy atom. The molecule has 2 aromatic carbocycles. The van der Waals surface area contributed by atoms with Gasteiger partial charge < -0.3 is 5.32 Å². The van der Waals surface area contributed by atoms with Crippen LogP contribution in [0.2, 0.25) is 0 Å². The standard InChI is InChI=1S/C25H30BrNO2/c1-24(2)15-18(16-25(3,4)27-24)13-22(28)19-10-8-17(9-11-19)12-23(29)20-6-5-7-21(26)14-20/h5-11,14,18,27H,12-13,15-16H2,1-4H3. The number of carbonyl (C=O) groups excluding carboxylic acids is 2. The van der Waals surface area contributed by atoms with E-state index in [4.69, 9.17) is 0 Å². The third kappa shape index (κ3) is 6.10. The Morgan fingerprint density at radius 3 is 2.14 bits per heavy atom. The van der Waals surface area contributed by atoms with Crippen LogP contribution in [0.5, 0.6) is 0 Å². The van der Waals surface area contributed by atoms with Gasteiger partial charge in [0.2, 0.25) is 0 Å². The Hall–Kier alpha value is -1.78. The summed E-state index contributed by atoms with van der Waals surface area (Å²) < 4.78 is 0.897. The molecule has 154 valence electrons. The molecule has 3 nitrogen and oxygen atoms in total. The van der Waals surface area contributed by atoms with E-state index in [2.05, 4.69) is 48.9 Å². The van der Waals surface area contributed by atoms with Crippen LogP contribution in [0.1, 0.15) is 73.2 Å². The average molecular weight is 456 g/mol. The first kappa shape index (κ1) is 21.9. The Labute approximate surface area is 182 Å². The molecule has 0 aliphatic carbocycles. The van der Waals surface area contributed by atoms with Gasteiger partial charge in [-0.1, -0.05) is 52.3 Å². The molecular formula is C25H30BrNO2. The Bertz CT molecular complexity index is 883. The number of carbonyl (C=O) groups is 2. The second kappa shape index (κ2) is 8.53. The zero-order valence-corrected chi connectivity index (χ0v) is 19.3. The molecule has 1 fully saturated rings. The number of rotatable bonds is 6. The summed E-state index contributed by atoms with van der Waals surface area (Å²) in [6, 6.07) is 15.0. The number of hydrogen-bond donors (Lipinski definition) is 1. The number of benzene rings is 2. The van der Waals surface area contributed by atoms with Gasteiger partial charge in [-0.2, -0.15) is 0 Å². The highest BCUT2D eigenvalue weighted by molar-refractivity contribution is 9.10. The zero-order valence-electron chi connectivity index (χ0n) is 17.7. The molecule has 0 spiro atoms. The second-order valence-electron chi connectivity index (χ2n) is 9.60. The monoisotopic (exact) mass is 455 g/mol. The summed E-state index contributed by atoms with van der Waals surface area (Å²) in [6.45, 7) is 8.84. The lowest BCUT2D eigenvalue weighted by atomic mass is 9.74. The van der Waals surface area contributed by atoms with Crippen molar-refractivity contribution in [2.45, 2.75) is 64.5 Å². The lowest BCUT2D eigenvalue weighted by molar-refractivity contribution is 0.0864. The number of hydrogen-bond acceptors (Lipinski definition) is 3. The van der Waals surface area contributed by atoms with E-state index < -0.39 is 0 Å². The van der Waals surface area contributed by atoms with Crippen LogP contribution in [0.15, 0.2) is 53.0 Å². The van der Waals surface area contributed by atoms with Crippen LogP contribution in [0.25, 0.3) is 0 Å². The van der Waals surface area contributed by atoms with E-state index in [0.717, 1.165) is 28.4 Å². The predicted molar refractivity (Wildman–Crippen MR) is 122 cm³/mol. The minimum absolute atomic E-state index is 0.0450. The number of Topliss-reactive ketones (excluding diaryl/α,β-unsaturated/α-hetero) is 2. The Morgan fingerprint density at radius 2 is 1.55 bits per heavy atom. The van der Waals surface area contributed by atoms with E-state index in [-0.39, 0.29) is 22.6 Å². The molecule has 1 aliphatic rings. The van der Waals surface area contributed by atoms with E-state index in [1.165, 1.54) is 0 Å². The van der Waals surface area contributed by atoms with Crippen molar-refractivity contribution in [2.24, 2.45) is 5.92 Å². The van der Waals surface area contributed by atoms with Gasteiger partial charge in [0.05, 0.1) is 0 Å². The second-order valence-corrected chi connectivity index (χ2v) is 10.5. The molecule has 0 atom stereocenters. The van der Waals surface area contributed by atoms with Gasteiger partial charge in [-0.25, -0.2) is 0 Å². The van der Waals surface area contributed by atoms with E-state index in [0.29, 0.717) is 24.3 Å². The normalized spacial score (nSPS) is 18.4. The molecule has 0 bridgehead atoms. The van der Waals surface area contributed by atoms with Crippen molar-refractivity contribution in [3.05, 3.63) is 69.7 Å². The van der Waals surface area contributed by atoms with E-state index >= 15 is 0 Å². The zero-order chi connectivity index (χ0) is 21.2. The van der Waals surface area contributed by atoms with Gasteiger partial charge in [0.1, 0.15) is 0 Å². The summed E-state index contributed by atoms with van der Waals surface area (Å²) in [6.07, 6.45) is 2.91. The topological polar surface area (TPSA) is 46.2 Å². The molecule has 3 rings (SSSR count). The van der Waals surface area contributed by atoms with Gasteiger partial charge in [-0.3, -0.25) is 9.59 Å². The highest BCUT2D eigenvalue weighted by atomic mass is 79.9. The summed E-state index contributed by atoms with van der Waals surface area (Å²) in [4.78, 5) is 25.3. The van der Waals surface area contributed by atoms with Gasteiger partial charge in [0.15, 0.2) is 11.6 Å². The molecule has 0 radical (unpaired) electrons. The average Bonchev–Trinajstić information content (AvgIpc) is 2.59. The third-order valence-electron chi connectivity index (χ3n) is 5.54. The van der Waals surface area contributed by atoms with Crippen LogP contribution in [0.4, 0.5) is 0 Å². The molecule has 1 aliphatic heterocycles. The first-order valence-electron chi connectivity index (χ1n) is 10.2. The van der Waals surface area contributed by atoms with Gasteiger partial charge >= 0.3 is 0 Å². The van der Waals surface area contributed by atoms with Crippen LogP contribution in [-0.4, -0.2) is 22.6 Å². The van der Waals surface area contributed by atoms with Crippen molar-refractivity contribution in [1.82, 2.24) is 5.32 Å². The third-order valence-corrected chi connectivity index (χ3v) is 6.03. The van der Waals surface area contributed by atoms with Crippen molar-refractivity contribution in [3.8, 4) is 0 Å². The summed E-state index contributed by atoms with van der Waals surface area (Å²) in [7, 11) is 0. The maximum absolute atomic E-state index is 12.8. The highest BCUT2D eigenvalue weighted by Gasteiger charge is 2.38. The van der Waals surface area contributed by atoms with Crippen LogP contribution >= 0.6 is 15.9 Å². The summed E-state index contributed by atoms with van der Waals surface area (Å²) in [5.74, 6) is 0.643. The SMILES string of the molecule is CC1(C)CC(CC(=O)c2ccc(CC(=O)c3cccc(Br)c3)cc2)CC(C)(C)N1. The quantitative estimate of drug-likeness (QED) is 0.542. The number of halogens is 1. The number of ketones is 2. The fourth-order valence-electron chi connectivity index (χ4n) is 4.82. The predicted octanol–water partition coefficient (Wildman–Crippen LogP) is 6.00. The number of piperidine rings is 1. The smallest absolute Gasteiger partial charge is 0.167 e. The summed E-state index contributed by atoms with van der Waals surface area (Å²) >= 11 is 3.40. The lowest BCUT2D eigenvalue weighted by Crippen LogP contribution is -2.57. The van der Waals surface area contributed by atoms with E-state index in [1.54, 1.807) is 0 Å². The fraction of sp³-hybridized carbons (Fsp3) is 0.440. The largest absolute Gasteiger partial charge is 0.307 e. The summed E-state index contributed by atoms with van der Waals surface area (Å²) in [5, 5.41) is 3.67. The van der Waals surface area contributed by atoms with Crippen LogP contribution in [0, 0.1) is 5.92 Å². The van der Waals surface area contributed by atoms with Crippen molar-refractivity contribution < 1.29 is 9.59 Å². The summed E-state index contributed by atoms with van der Waals surface area (Å²) in [5.41, 5.74) is 2.44. The molecule has 1 saturated heterocycles. The molecule has 4 heteroatoms. The Balaban J connectivity index is 1.62. The minimum Gasteiger partial charge on any atom is -0.307 e. The minimum atomic E-state index is 0.0450. The highest BCUT2D eigenvalue weighted by Crippen LogP contribution is 2.35. The molecule has 0 saturated carbocycles. The van der Waals surface area contributed by atoms with E-state index in [1.807, 2.05) is 48.5 Å². The molecule has 0 aromatic heterocycles. The van der Waals surface area contributed by atoms with Gasteiger partial charge in [0.25, 0.3) is 0 Å². The van der Waals surface area contributed by atoms with Gasteiger partial charge in [-0.15, -0.1) is 0 Å². The maximum Gasteiger partial charge on any atom is 0.167 e. The van der Waals surface area contributed by atoms with Crippen LogP contribution in [0.3, 0.4) is 0 Å². The fourth-order valence-corrected chi connectivity index (χ4v) is 5.22. The van der Waals surface area contributed by atoms with Crippen LogP contribution in [-0.2, 0) is 6.42 Å². The molecule has 0 unspecified atom stereocenters. The first-order valence-corrected chi connectivity index (χ1v) is 11.0. The van der Waals surface area contributed by atoms with Gasteiger partial charge in [-0.05, 0) is 64.2 Å². The van der Waals surface area contributed by atoms with Crippen molar-refractivity contribution >= 4 is 27.5 Å². The molecule has 0 amide bonds. The van der Waals surface area contributed by atoms with Crippen molar-refractivity contribution in [3.63, 3.8) is 0 Å². The lowest BCUT2D eigenvalue weighted by Gasteiger charge is -2.46. The van der Waals surface area contributed by atoms with E-state index in [9.17, 15) is 9.59 Å². The van der Waals surface area contributed by atoms with Crippen molar-refractivity contribution in [1.29, 1.82) is 0 Å². The first-order chi connectivity index (χ1) is 13.5. The van der Waals surface area contributed by atoms with Crippen molar-refractivity contribution in [2.75, 3.05) is 0 Å². The Kier molecular flexibility index (Phi) is 6.45. The molecule has 29 heavy (non-hydrogen) atoms. The maximum atomic E-state index is 12.8. The van der Waals surface area contributed by atoms with Gasteiger partial charge in [0, 0.05) is 39.5 Å². The molecule has 2 aromatic rings. The molecule has 1 N–H and O–H groups in total. The molecule has 1 heterocycles. The number of nitrogens with one attached hydrogen (secondary N) is 1. The molecular weight excluding hydrogens is 426 g/mol. The van der Waals surface area contributed by atoms with Crippen LogP contribution < -0.4 is 5.32 Å².